The number of amides is 1. The third-order valence-electron chi connectivity index (χ3n) is 2.86. The summed E-state index contributed by atoms with van der Waals surface area (Å²) in [5.74, 6) is -0.879. The van der Waals surface area contributed by atoms with Gasteiger partial charge in [-0.2, -0.15) is 0 Å². The van der Waals surface area contributed by atoms with Gasteiger partial charge in [0.2, 0.25) is 0 Å². The van der Waals surface area contributed by atoms with Crippen LogP contribution < -0.4 is 11.5 Å². The van der Waals surface area contributed by atoms with Gasteiger partial charge in [-0.25, -0.2) is 9.55 Å². The number of carbonyl (C=O) groups is 1. The van der Waals surface area contributed by atoms with Crippen molar-refractivity contribution in [1.82, 2.24) is 9.55 Å². The maximum atomic E-state index is 11.0. The minimum Gasteiger partial charge on any atom is -0.394 e. The molecule has 10 N–H and O–H groups in total. The summed E-state index contributed by atoms with van der Waals surface area (Å²) in [6.45, 7) is -0.452. The lowest BCUT2D eigenvalue weighted by molar-refractivity contribution is -0.0518. The van der Waals surface area contributed by atoms with Crippen LogP contribution in [0.4, 0.5) is 5.82 Å². The molecule has 1 saturated heterocycles. The number of anilines is 1. The third-order valence-corrected chi connectivity index (χ3v) is 2.86. The van der Waals surface area contributed by atoms with Gasteiger partial charge in [-0.3, -0.25) is 9.36 Å². The predicted octanol–water partition coefficient (Wildman–Crippen LogP) is -3.75. The van der Waals surface area contributed by atoms with Gasteiger partial charge in [-0.1, -0.05) is 0 Å². The van der Waals surface area contributed by atoms with Crippen LogP contribution in [0.15, 0.2) is 6.33 Å². The van der Waals surface area contributed by atoms with E-state index in [9.17, 15) is 15.0 Å². The number of carbonyl (C=O) groups excluding carboxylic acids is 1. The molecule has 2 heterocycles. The van der Waals surface area contributed by atoms with Crippen LogP contribution >= 0.6 is 7.82 Å². The lowest BCUT2D eigenvalue weighted by Crippen LogP contribution is -2.33. The minimum atomic E-state index is -4.64. The van der Waals surface area contributed by atoms with E-state index in [1.54, 1.807) is 0 Å². The van der Waals surface area contributed by atoms with Crippen molar-refractivity contribution >= 4 is 19.5 Å². The Morgan fingerprint density at radius 1 is 1.35 bits per heavy atom. The van der Waals surface area contributed by atoms with Crippen molar-refractivity contribution in [2.75, 3.05) is 12.3 Å². The van der Waals surface area contributed by atoms with E-state index in [1.807, 2.05) is 0 Å². The lowest BCUT2D eigenvalue weighted by Gasteiger charge is -2.17. The van der Waals surface area contributed by atoms with Crippen molar-refractivity contribution in [2.24, 2.45) is 5.73 Å². The molecule has 1 aliphatic heterocycles. The number of nitrogen functional groups attached to an aromatic ring is 1. The van der Waals surface area contributed by atoms with Crippen molar-refractivity contribution < 1.29 is 44.1 Å². The summed E-state index contributed by atoms with van der Waals surface area (Å²) in [5, 5.41) is 28.3. The van der Waals surface area contributed by atoms with Gasteiger partial charge >= 0.3 is 7.82 Å². The number of rotatable bonds is 3. The number of phosphoric acid groups is 1. The molecule has 4 unspecified atom stereocenters. The average molecular weight is 356 g/mol. The second-order valence-electron chi connectivity index (χ2n) is 4.49. The normalized spacial score (nSPS) is 27.4. The van der Waals surface area contributed by atoms with Crippen LogP contribution in [0.5, 0.6) is 0 Å². The Bertz CT molecular complexity index is 594. The Hall–Kier alpha value is -1.57. The zero-order valence-electron chi connectivity index (χ0n) is 11.5. The van der Waals surface area contributed by atoms with Crippen LogP contribution in [0.3, 0.4) is 0 Å². The summed E-state index contributed by atoms with van der Waals surface area (Å²) in [6.07, 6.45) is -3.32. The number of ether oxygens (including phenoxy) is 1. The van der Waals surface area contributed by atoms with Crippen molar-refractivity contribution in [1.29, 1.82) is 0 Å². The highest BCUT2D eigenvalue weighted by Gasteiger charge is 2.44. The van der Waals surface area contributed by atoms with E-state index < -0.39 is 44.9 Å². The summed E-state index contributed by atoms with van der Waals surface area (Å²) >= 11 is 0. The number of hydrogen-bond acceptors (Lipinski definition) is 8. The summed E-state index contributed by atoms with van der Waals surface area (Å²) in [4.78, 5) is 36.3. The van der Waals surface area contributed by atoms with Crippen LogP contribution in [0.1, 0.15) is 16.7 Å². The second-order valence-corrected chi connectivity index (χ2v) is 5.52. The van der Waals surface area contributed by atoms with Crippen LogP contribution in [-0.4, -0.2) is 70.4 Å². The first kappa shape index (κ1) is 19.5. The molecule has 0 aromatic carbocycles. The number of primary amides is 1. The molecule has 2 rings (SSSR count). The van der Waals surface area contributed by atoms with E-state index in [1.165, 1.54) is 10.9 Å². The summed E-state index contributed by atoms with van der Waals surface area (Å²) < 4.78 is 15.3. The fourth-order valence-electron chi connectivity index (χ4n) is 1.87. The molecule has 0 aliphatic carbocycles. The monoisotopic (exact) mass is 356 g/mol. The molecule has 0 spiro atoms. The number of aromatic nitrogens is 2. The number of aliphatic hydroxyl groups is 3. The standard InChI is InChI=1S/C9H14N4O5.H3O4P/c10-7-4(8(11)17)12-2-13(7)9-6(16)5(15)3(1-14)18-9;1-5(2,3)4/h2-3,5-6,9,14-16H,1,10H2,(H2,11,17);(H3,1,2,3,4). The molecule has 1 fully saturated rings. The van der Waals surface area contributed by atoms with Crippen molar-refractivity contribution in [3.63, 3.8) is 0 Å². The van der Waals surface area contributed by atoms with E-state index in [-0.39, 0.29) is 11.5 Å². The predicted molar refractivity (Wildman–Crippen MR) is 72.4 cm³/mol. The van der Waals surface area contributed by atoms with E-state index in [0.717, 1.165) is 0 Å². The second kappa shape index (κ2) is 7.33. The molecule has 1 aliphatic rings. The van der Waals surface area contributed by atoms with Crippen LogP contribution in [0, 0.1) is 0 Å². The average Bonchev–Trinajstić information content (AvgIpc) is 2.90. The Labute approximate surface area is 129 Å². The molecule has 0 bridgehead atoms. The van der Waals surface area contributed by atoms with E-state index in [2.05, 4.69) is 4.98 Å². The number of nitrogens with two attached hydrogens (primary N) is 2. The van der Waals surface area contributed by atoms with Gasteiger partial charge in [0.1, 0.15) is 24.1 Å². The third kappa shape index (κ3) is 4.95. The molecule has 132 valence electrons. The molecular weight excluding hydrogens is 339 g/mol. The largest absolute Gasteiger partial charge is 0.466 e. The zero-order chi connectivity index (χ0) is 17.9. The minimum absolute atomic E-state index is 0.0719. The summed E-state index contributed by atoms with van der Waals surface area (Å²) in [6, 6.07) is 0. The first-order valence-electron chi connectivity index (χ1n) is 6.00. The number of nitrogens with zero attached hydrogens (tertiary/aromatic N) is 2. The topological polar surface area (TPSA) is 235 Å². The highest BCUT2D eigenvalue weighted by Crippen LogP contribution is 2.31. The zero-order valence-corrected chi connectivity index (χ0v) is 12.4. The van der Waals surface area contributed by atoms with Gasteiger partial charge in [0.15, 0.2) is 11.9 Å². The maximum absolute atomic E-state index is 11.0. The fourth-order valence-corrected chi connectivity index (χ4v) is 1.87. The van der Waals surface area contributed by atoms with E-state index in [4.69, 9.17) is 40.6 Å². The Morgan fingerprint density at radius 3 is 2.22 bits per heavy atom. The highest BCUT2D eigenvalue weighted by molar-refractivity contribution is 7.45. The van der Waals surface area contributed by atoms with Crippen molar-refractivity contribution in [3.8, 4) is 0 Å². The van der Waals surface area contributed by atoms with Crippen molar-refractivity contribution in [2.45, 2.75) is 24.5 Å². The highest BCUT2D eigenvalue weighted by atomic mass is 31.2. The molecule has 0 saturated carbocycles. The fraction of sp³-hybridized carbons (Fsp3) is 0.556. The molecule has 4 atom stereocenters. The van der Waals surface area contributed by atoms with Gasteiger partial charge in [-0.15, -0.1) is 0 Å². The Morgan fingerprint density at radius 2 is 1.87 bits per heavy atom. The van der Waals surface area contributed by atoms with Crippen molar-refractivity contribution in [3.05, 3.63) is 12.0 Å². The first-order valence-corrected chi connectivity index (χ1v) is 7.56. The molecule has 0 radical (unpaired) electrons. The Kier molecular flexibility index (Phi) is 6.21. The smallest absolute Gasteiger partial charge is 0.394 e. The number of hydrogen-bond donors (Lipinski definition) is 8. The quantitative estimate of drug-likeness (QED) is 0.245. The van der Waals surface area contributed by atoms with Crippen LogP contribution in [0.25, 0.3) is 0 Å². The summed E-state index contributed by atoms with van der Waals surface area (Å²) in [5.41, 5.74) is 10.6. The van der Waals surface area contributed by atoms with Crippen LogP contribution in [-0.2, 0) is 9.30 Å². The van der Waals surface area contributed by atoms with Gasteiger partial charge < -0.3 is 46.2 Å². The lowest BCUT2D eigenvalue weighted by atomic mass is 10.1. The van der Waals surface area contributed by atoms with Gasteiger partial charge in [0.05, 0.1) is 12.9 Å². The van der Waals surface area contributed by atoms with E-state index >= 15 is 0 Å². The Balaban J connectivity index is 0.000000463. The molecule has 14 heteroatoms. The first-order chi connectivity index (χ1) is 10.5. The molecule has 23 heavy (non-hydrogen) atoms. The SMILES string of the molecule is NC(=O)c1ncn(C2OC(CO)C(O)C2O)c1N.O=P(O)(O)O. The molecule has 1 aromatic heterocycles. The number of aliphatic hydroxyl groups excluding tert-OH is 3. The van der Waals surface area contributed by atoms with Gasteiger partial charge in [0.25, 0.3) is 5.91 Å². The van der Waals surface area contributed by atoms with E-state index in [0.29, 0.717) is 0 Å². The molecular formula is C9H17N4O9P. The number of imidazole rings is 1. The molecule has 1 amide bonds. The maximum Gasteiger partial charge on any atom is 0.466 e. The molecule has 1 aromatic rings. The van der Waals surface area contributed by atoms with Gasteiger partial charge in [0, 0.05) is 0 Å². The van der Waals surface area contributed by atoms with Gasteiger partial charge in [-0.05, 0) is 0 Å². The van der Waals surface area contributed by atoms with Crippen LogP contribution in [0.2, 0.25) is 0 Å². The summed E-state index contributed by atoms with van der Waals surface area (Å²) in [7, 11) is -4.64. The molecule has 13 nitrogen and oxygen atoms in total.